The van der Waals surface area contributed by atoms with Gasteiger partial charge in [0.15, 0.2) is 5.96 Å². The fourth-order valence-electron chi connectivity index (χ4n) is 4.13. The molecule has 7 heteroatoms. The number of hydrogen-bond donors (Lipinski definition) is 2. The SMILES string of the molecule is CCCCC(CC)CN=C(NCCn1cnnc1CC)NC1CCN(CCC)CC1. The van der Waals surface area contributed by atoms with Gasteiger partial charge in [0, 0.05) is 45.2 Å². The predicted molar refractivity (Wildman–Crippen MR) is 126 cm³/mol. The second-order valence-corrected chi connectivity index (χ2v) is 8.59. The molecule has 1 aliphatic rings. The van der Waals surface area contributed by atoms with Crippen LogP contribution in [-0.2, 0) is 13.0 Å². The summed E-state index contributed by atoms with van der Waals surface area (Å²) in [5.74, 6) is 2.70. The third-order valence-electron chi connectivity index (χ3n) is 6.18. The molecule has 0 saturated carbocycles. The monoisotopic (exact) mass is 419 g/mol. The number of hydrogen-bond acceptors (Lipinski definition) is 4. The Morgan fingerprint density at radius 2 is 1.97 bits per heavy atom. The van der Waals surface area contributed by atoms with E-state index in [1.807, 2.05) is 6.33 Å². The van der Waals surface area contributed by atoms with Gasteiger partial charge >= 0.3 is 0 Å². The van der Waals surface area contributed by atoms with Crippen molar-refractivity contribution in [2.45, 2.75) is 91.6 Å². The quantitative estimate of drug-likeness (QED) is 0.378. The molecule has 0 aromatic carbocycles. The Balaban J connectivity index is 1.90. The summed E-state index contributed by atoms with van der Waals surface area (Å²) in [5.41, 5.74) is 0. The molecule has 0 amide bonds. The maximum atomic E-state index is 5.00. The van der Waals surface area contributed by atoms with Crippen LogP contribution in [-0.4, -0.2) is 64.4 Å². The van der Waals surface area contributed by atoms with Crippen molar-refractivity contribution < 1.29 is 0 Å². The molecule has 2 rings (SSSR count). The molecule has 0 radical (unpaired) electrons. The Hall–Kier alpha value is -1.63. The number of nitrogens with zero attached hydrogens (tertiary/aromatic N) is 5. The van der Waals surface area contributed by atoms with Crippen LogP contribution < -0.4 is 10.6 Å². The number of guanidine groups is 1. The van der Waals surface area contributed by atoms with Crippen LogP contribution in [0.3, 0.4) is 0 Å². The van der Waals surface area contributed by atoms with Crippen molar-refractivity contribution in [1.82, 2.24) is 30.3 Å². The van der Waals surface area contributed by atoms with Crippen LogP contribution in [0.25, 0.3) is 0 Å². The van der Waals surface area contributed by atoms with Crippen molar-refractivity contribution in [3.63, 3.8) is 0 Å². The normalized spacial score (nSPS) is 17.3. The molecule has 1 atom stereocenters. The first kappa shape index (κ1) is 24.6. The van der Waals surface area contributed by atoms with E-state index < -0.39 is 0 Å². The predicted octanol–water partition coefficient (Wildman–Crippen LogP) is 3.47. The summed E-state index contributed by atoms with van der Waals surface area (Å²) in [6.07, 6.45) is 11.4. The molecule has 30 heavy (non-hydrogen) atoms. The highest BCUT2D eigenvalue weighted by atomic mass is 15.3. The van der Waals surface area contributed by atoms with Gasteiger partial charge in [0.1, 0.15) is 12.2 Å². The second-order valence-electron chi connectivity index (χ2n) is 8.59. The largest absolute Gasteiger partial charge is 0.355 e. The van der Waals surface area contributed by atoms with Crippen molar-refractivity contribution in [2.75, 3.05) is 32.7 Å². The minimum atomic E-state index is 0.515. The Bertz CT molecular complexity index is 590. The smallest absolute Gasteiger partial charge is 0.191 e. The average Bonchev–Trinajstić information content (AvgIpc) is 3.22. The van der Waals surface area contributed by atoms with E-state index in [9.17, 15) is 0 Å². The first-order valence-corrected chi connectivity index (χ1v) is 12.3. The van der Waals surface area contributed by atoms with Crippen LogP contribution in [0.4, 0.5) is 0 Å². The summed E-state index contributed by atoms with van der Waals surface area (Å²) in [6, 6.07) is 0.515. The molecule has 1 aromatic rings. The summed E-state index contributed by atoms with van der Waals surface area (Å²) in [4.78, 5) is 7.58. The summed E-state index contributed by atoms with van der Waals surface area (Å²) < 4.78 is 2.13. The van der Waals surface area contributed by atoms with E-state index in [4.69, 9.17) is 4.99 Å². The number of likely N-dealkylation sites (tertiary alicyclic amines) is 1. The van der Waals surface area contributed by atoms with E-state index in [2.05, 4.69) is 58.0 Å². The Labute approximate surface area is 184 Å². The number of rotatable bonds is 13. The van der Waals surface area contributed by atoms with Gasteiger partial charge in [-0.1, -0.05) is 47.0 Å². The molecule has 1 saturated heterocycles. The average molecular weight is 420 g/mol. The highest BCUT2D eigenvalue weighted by Crippen LogP contribution is 2.13. The summed E-state index contributed by atoms with van der Waals surface area (Å²) in [7, 11) is 0. The molecule has 2 heterocycles. The van der Waals surface area contributed by atoms with Gasteiger partial charge in [0.2, 0.25) is 0 Å². The molecule has 172 valence electrons. The van der Waals surface area contributed by atoms with E-state index >= 15 is 0 Å². The van der Waals surface area contributed by atoms with Crippen LogP contribution in [0.2, 0.25) is 0 Å². The lowest BCUT2D eigenvalue weighted by Crippen LogP contribution is -2.49. The molecule has 0 spiro atoms. The van der Waals surface area contributed by atoms with Crippen molar-refractivity contribution in [2.24, 2.45) is 10.9 Å². The lowest BCUT2D eigenvalue weighted by Gasteiger charge is -2.33. The van der Waals surface area contributed by atoms with E-state index in [1.54, 1.807) is 0 Å². The molecule has 2 N–H and O–H groups in total. The summed E-state index contributed by atoms with van der Waals surface area (Å²) in [6.45, 7) is 15.1. The number of nitrogens with one attached hydrogen (secondary N) is 2. The zero-order valence-electron chi connectivity index (χ0n) is 19.9. The molecule has 1 aromatic heterocycles. The minimum absolute atomic E-state index is 0.515. The van der Waals surface area contributed by atoms with E-state index in [-0.39, 0.29) is 0 Å². The lowest BCUT2D eigenvalue weighted by atomic mass is 10.00. The molecular formula is C23H45N7. The number of aromatic nitrogens is 3. The minimum Gasteiger partial charge on any atom is -0.355 e. The van der Waals surface area contributed by atoms with Crippen molar-refractivity contribution in [3.05, 3.63) is 12.2 Å². The maximum absolute atomic E-state index is 5.00. The molecule has 1 aliphatic heterocycles. The first-order chi connectivity index (χ1) is 14.7. The standard InChI is InChI=1S/C23H45N7/c1-5-9-10-20(7-3)18-25-23(24-13-17-30-19-26-28-22(30)8-4)27-21-11-15-29(14-6-2)16-12-21/h19-21H,5-18H2,1-4H3,(H2,24,25,27). The van der Waals surface area contributed by atoms with Gasteiger partial charge in [0.25, 0.3) is 0 Å². The van der Waals surface area contributed by atoms with Crippen LogP contribution in [0.15, 0.2) is 11.3 Å². The third kappa shape index (κ3) is 8.62. The van der Waals surface area contributed by atoms with E-state index in [0.29, 0.717) is 12.0 Å². The summed E-state index contributed by atoms with van der Waals surface area (Å²) >= 11 is 0. The Kier molecular flexibility index (Phi) is 11.8. The van der Waals surface area contributed by atoms with Gasteiger partial charge in [-0.15, -0.1) is 10.2 Å². The number of aliphatic imine (C=N–C) groups is 1. The summed E-state index contributed by atoms with van der Waals surface area (Å²) in [5, 5.41) is 15.5. The molecule has 1 fully saturated rings. The van der Waals surface area contributed by atoms with Crippen LogP contribution in [0.5, 0.6) is 0 Å². The topological polar surface area (TPSA) is 70.4 Å². The van der Waals surface area contributed by atoms with Gasteiger partial charge < -0.3 is 20.1 Å². The highest BCUT2D eigenvalue weighted by molar-refractivity contribution is 5.80. The molecule has 0 aliphatic carbocycles. The van der Waals surface area contributed by atoms with Crippen molar-refractivity contribution in [1.29, 1.82) is 0 Å². The maximum Gasteiger partial charge on any atom is 0.191 e. The fraction of sp³-hybridized carbons (Fsp3) is 0.870. The van der Waals surface area contributed by atoms with Crippen LogP contribution >= 0.6 is 0 Å². The zero-order chi connectivity index (χ0) is 21.6. The second kappa shape index (κ2) is 14.4. The third-order valence-corrected chi connectivity index (χ3v) is 6.18. The van der Waals surface area contributed by atoms with Crippen LogP contribution in [0.1, 0.15) is 78.5 Å². The van der Waals surface area contributed by atoms with Crippen molar-refractivity contribution >= 4 is 5.96 Å². The number of piperidine rings is 1. The zero-order valence-corrected chi connectivity index (χ0v) is 19.9. The fourth-order valence-corrected chi connectivity index (χ4v) is 4.13. The molecule has 0 bridgehead atoms. The Morgan fingerprint density at radius 3 is 2.63 bits per heavy atom. The number of aryl methyl sites for hydroxylation is 1. The Morgan fingerprint density at radius 1 is 1.17 bits per heavy atom. The van der Waals surface area contributed by atoms with Crippen LogP contribution in [0, 0.1) is 5.92 Å². The lowest BCUT2D eigenvalue weighted by molar-refractivity contribution is 0.206. The van der Waals surface area contributed by atoms with Gasteiger partial charge in [0.05, 0.1) is 0 Å². The highest BCUT2D eigenvalue weighted by Gasteiger charge is 2.19. The molecule has 7 nitrogen and oxygen atoms in total. The van der Waals surface area contributed by atoms with Gasteiger partial charge in [-0.25, -0.2) is 0 Å². The molecular weight excluding hydrogens is 374 g/mol. The van der Waals surface area contributed by atoms with Gasteiger partial charge in [-0.2, -0.15) is 0 Å². The van der Waals surface area contributed by atoms with Crippen molar-refractivity contribution in [3.8, 4) is 0 Å². The van der Waals surface area contributed by atoms with E-state index in [1.165, 1.54) is 64.6 Å². The first-order valence-electron chi connectivity index (χ1n) is 12.3. The van der Waals surface area contributed by atoms with Gasteiger partial charge in [-0.3, -0.25) is 4.99 Å². The molecule has 1 unspecified atom stereocenters. The number of unbranched alkanes of at least 4 members (excludes halogenated alkanes) is 1. The van der Waals surface area contributed by atoms with Gasteiger partial charge in [-0.05, 0) is 38.1 Å². The van der Waals surface area contributed by atoms with E-state index in [0.717, 1.165) is 37.8 Å².